The van der Waals surface area contributed by atoms with Crippen molar-refractivity contribution in [2.24, 2.45) is 0 Å². The van der Waals surface area contributed by atoms with Crippen molar-refractivity contribution < 1.29 is 13.8 Å². The van der Waals surface area contributed by atoms with Gasteiger partial charge in [-0.15, -0.1) is 0 Å². The minimum Gasteiger partial charge on any atom is -0.343 e. The second-order valence-corrected chi connectivity index (χ2v) is 5.52. The van der Waals surface area contributed by atoms with Crippen LogP contribution in [0.25, 0.3) is 0 Å². The molecule has 0 aromatic carbocycles. The minimum atomic E-state index is -0.947. The highest BCUT2D eigenvalue weighted by Crippen LogP contribution is 2.12. The number of hydrogen-bond donors (Lipinski definition) is 1. The molecule has 92 valence electrons. The predicted octanol–water partition coefficient (Wildman–Crippen LogP) is -0.510. The van der Waals surface area contributed by atoms with Gasteiger partial charge in [0.15, 0.2) is 0 Å². The van der Waals surface area contributed by atoms with E-state index >= 15 is 0 Å². The summed E-state index contributed by atoms with van der Waals surface area (Å²) in [5.74, 6) is 0.218. The predicted molar refractivity (Wildman–Crippen MR) is 62.3 cm³/mol. The molecular formula is C10H18N2O3S. The zero-order valence-corrected chi connectivity index (χ0v) is 10.7. The van der Waals surface area contributed by atoms with Crippen molar-refractivity contribution in [2.75, 3.05) is 18.6 Å². The molecule has 3 unspecified atom stereocenters. The zero-order chi connectivity index (χ0) is 12.3. The van der Waals surface area contributed by atoms with Gasteiger partial charge in [-0.3, -0.25) is 13.8 Å². The Hall–Kier alpha value is -0.910. The fourth-order valence-corrected chi connectivity index (χ4v) is 2.27. The van der Waals surface area contributed by atoms with Crippen LogP contribution in [0.1, 0.15) is 20.3 Å². The number of rotatable bonds is 4. The van der Waals surface area contributed by atoms with E-state index in [1.165, 1.54) is 0 Å². The fraction of sp³-hybridized carbons (Fsp3) is 0.800. The standard InChI is InChI=1S/C10H18N2O3S/c1-4-8-9(13)11-7(2)10(14)12(8)5-6-16(3)15/h7-8H,4-6H2,1-3H3,(H,11,13). The molecule has 0 radical (unpaired) electrons. The minimum absolute atomic E-state index is 0.0862. The van der Waals surface area contributed by atoms with Gasteiger partial charge in [0.1, 0.15) is 12.1 Å². The van der Waals surface area contributed by atoms with E-state index < -0.39 is 22.9 Å². The lowest BCUT2D eigenvalue weighted by molar-refractivity contribution is -0.148. The van der Waals surface area contributed by atoms with Gasteiger partial charge in [-0.25, -0.2) is 0 Å². The van der Waals surface area contributed by atoms with Crippen molar-refractivity contribution in [2.45, 2.75) is 32.4 Å². The number of nitrogens with zero attached hydrogens (tertiary/aromatic N) is 1. The van der Waals surface area contributed by atoms with E-state index in [0.29, 0.717) is 18.7 Å². The average molecular weight is 246 g/mol. The first-order chi connectivity index (χ1) is 7.47. The molecule has 1 rings (SSSR count). The summed E-state index contributed by atoms with van der Waals surface area (Å²) in [6, 6.07) is -0.882. The summed E-state index contributed by atoms with van der Waals surface area (Å²) < 4.78 is 11.0. The Kier molecular flexibility index (Phi) is 4.46. The number of piperazine rings is 1. The van der Waals surface area contributed by atoms with Crippen molar-refractivity contribution in [1.29, 1.82) is 0 Å². The highest BCUT2D eigenvalue weighted by Gasteiger charge is 2.36. The highest BCUT2D eigenvalue weighted by molar-refractivity contribution is 7.84. The summed E-state index contributed by atoms with van der Waals surface area (Å²) in [5.41, 5.74) is 0. The normalized spacial score (nSPS) is 27.8. The van der Waals surface area contributed by atoms with Gasteiger partial charge in [-0.2, -0.15) is 0 Å². The van der Waals surface area contributed by atoms with E-state index in [2.05, 4.69) is 5.32 Å². The van der Waals surface area contributed by atoms with Gasteiger partial charge in [-0.1, -0.05) is 6.92 Å². The van der Waals surface area contributed by atoms with Crippen LogP contribution in [0.3, 0.4) is 0 Å². The number of nitrogens with one attached hydrogen (secondary N) is 1. The molecule has 0 aromatic rings. The van der Waals surface area contributed by atoms with Crippen molar-refractivity contribution >= 4 is 22.6 Å². The van der Waals surface area contributed by atoms with Crippen molar-refractivity contribution in [3.05, 3.63) is 0 Å². The van der Waals surface area contributed by atoms with E-state index in [4.69, 9.17) is 0 Å². The molecule has 0 saturated carbocycles. The first-order valence-corrected chi connectivity index (χ1v) is 7.11. The number of carbonyl (C=O) groups is 2. The lowest BCUT2D eigenvalue weighted by Crippen LogP contribution is -2.62. The maximum Gasteiger partial charge on any atom is 0.245 e. The molecule has 5 nitrogen and oxygen atoms in total. The third kappa shape index (κ3) is 2.81. The molecule has 0 aromatic heterocycles. The summed E-state index contributed by atoms with van der Waals surface area (Å²) in [7, 11) is -0.947. The van der Waals surface area contributed by atoms with Crippen molar-refractivity contribution in [3.63, 3.8) is 0 Å². The molecule has 1 heterocycles. The molecular weight excluding hydrogens is 228 g/mol. The monoisotopic (exact) mass is 246 g/mol. The fourth-order valence-electron chi connectivity index (χ4n) is 1.81. The summed E-state index contributed by atoms with van der Waals surface area (Å²) in [6.45, 7) is 3.92. The number of hydrogen-bond acceptors (Lipinski definition) is 3. The van der Waals surface area contributed by atoms with Gasteiger partial charge >= 0.3 is 0 Å². The Morgan fingerprint density at radius 3 is 2.56 bits per heavy atom. The Labute approximate surface area is 98.0 Å². The quantitative estimate of drug-likeness (QED) is 0.726. The van der Waals surface area contributed by atoms with Crippen LogP contribution in [0.4, 0.5) is 0 Å². The van der Waals surface area contributed by atoms with Crippen LogP contribution >= 0.6 is 0 Å². The molecule has 1 fully saturated rings. The Morgan fingerprint density at radius 2 is 2.06 bits per heavy atom. The Balaban J connectivity index is 2.76. The van der Waals surface area contributed by atoms with E-state index in [1.54, 1.807) is 18.1 Å². The van der Waals surface area contributed by atoms with Crippen molar-refractivity contribution in [3.8, 4) is 0 Å². The Morgan fingerprint density at radius 1 is 1.44 bits per heavy atom. The summed E-state index contributed by atoms with van der Waals surface area (Å²) in [5, 5.41) is 2.64. The Bertz CT molecular complexity index is 319. The molecule has 1 N–H and O–H groups in total. The summed E-state index contributed by atoms with van der Waals surface area (Å²) in [6.07, 6.45) is 2.18. The third-order valence-corrected chi connectivity index (χ3v) is 3.45. The second kappa shape index (κ2) is 5.43. The van der Waals surface area contributed by atoms with Gasteiger partial charge in [0, 0.05) is 29.4 Å². The third-order valence-electron chi connectivity index (χ3n) is 2.70. The van der Waals surface area contributed by atoms with Crippen LogP contribution < -0.4 is 5.32 Å². The van der Waals surface area contributed by atoms with Gasteiger partial charge < -0.3 is 10.2 Å². The molecule has 0 aliphatic carbocycles. The van der Waals surface area contributed by atoms with E-state index in [0.717, 1.165) is 0 Å². The SMILES string of the molecule is CCC1C(=O)NC(C)C(=O)N1CCS(C)=O. The zero-order valence-electron chi connectivity index (χ0n) is 9.86. The number of carbonyl (C=O) groups excluding carboxylic acids is 2. The van der Waals surface area contributed by atoms with Gasteiger partial charge in [0.2, 0.25) is 11.8 Å². The lowest BCUT2D eigenvalue weighted by atomic mass is 10.1. The molecule has 0 spiro atoms. The van der Waals surface area contributed by atoms with Crippen LogP contribution in [0.5, 0.6) is 0 Å². The van der Waals surface area contributed by atoms with Gasteiger partial charge in [-0.05, 0) is 13.3 Å². The summed E-state index contributed by atoms with van der Waals surface area (Å²) >= 11 is 0. The first kappa shape index (κ1) is 13.2. The molecule has 1 aliphatic rings. The average Bonchev–Trinajstić information content (AvgIpc) is 2.20. The second-order valence-electron chi connectivity index (χ2n) is 3.96. The van der Waals surface area contributed by atoms with E-state index in [1.807, 2.05) is 6.92 Å². The number of amides is 2. The topological polar surface area (TPSA) is 66.5 Å². The van der Waals surface area contributed by atoms with E-state index in [9.17, 15) is 13.8 Å². The smallest absolute Gasteiger partial charge is 0.245 e. The summed E-state index contributed by atoms with van der Waals surface area (Å²) in [4.78, 5) is 25.1. The molecule has 3 atom stereocenters. The van der Waals surface area contributed by atoms with Crippen LogP contribution in [0, 0.1) is 0 Å². The molecule has 0 bridgehead atoms. The lowest BCUT2D eigenvalue weighted by Gasteiger charge is -2.37. The van der Waals surface area contributed by atoms with Crippen molar-refractivity contribution in [1.82, 2.24) is 10.2 Å². The largest absolute Gasteiger partial charge is 0.343 e. The molecule has 16 heavy (non-hydrogen) atoms. The first-order valence-electron chi connectivity index (χ1n) is 5.38. The van der Waals surface area contributed by atoms with Gasteiger partial charge in [0.25, 0.3) is 0 Å². The van der Waals surface area contributed by atoms with Crippen LogP contribution in [0.15, 0.2) is 0 Å². The maximum atomic E-state index is 11.9. The van der Waals surface area contributed by atoms with Crippen LogP contribution in [0.2, 0.25) is 0 Å². The molecule has 2 amide bonds. The highest BCUT2D eigenvalue weighted by atomic mass is 32.2. The van der Waals surface area contributed by atoms with Crippen LogP contribution in [-0.2, 0) is 20.4 Å². The van der Waals surface area contributed by atoms with E-state index in [-0.39, 0.29) is 11.8 Å². The van der Waals surface area contributed by atoms with Crippen LogP contribution in [-0.4, -0.2) is 51.6 Å². The molecule has 1 saturated heterocycles. The molecule has 6 heteroatoms. The molecule has 1 aliphatic heterocycles. The van der Waals surface area contributed by atoms with Gasteiger partial charge in [0.05, 0.1) is 0 Å². The maximum absolute atomic E-state index is 11.9.